The first-order chi connectivity index (χ1) is 10.1. The van der Waals surface area contributed by atoms with Crippen LogP contribution in [0.1, 0.15) is 51.0 Å². The van der Waals surface area contributed by atoms with Crippen molar-refractivity contribution >= 4 is 24.0 Å². The standard InChI is InChI=1S/C18H28N2O.ClH/c1-14(16-5-3-2-4-6-16)13-18(21)20-12-11-15-7-9-17(19)10-8-15;/h7-10,14,16H,2-6,11-13,19H2,1H3,(H,20,21);1H. The normalized spacial score (nSPS) is 16.6. The molecule has 1 aromatic carbocycles. The molecule has 2 rings (SSSR count). The molecule has 3 N–H and O–H groups in total. The van der Waals surface area contributed by atoms with E-state index in [1.807, 2.05) is 24.3 Å². The van der Waals surface area contributed by atoms with Gasteiger partial charge in [0.1, 0.15) is 0 Å². The molecular formula is C18H29ClN2O. The molecule has 1 atom stereocenters. The van der Waals surface area contributed by atoms with Crippen LogP contribution in [0.5, 0.6) is 0 Å². The number of amides is 1. The topological polar surface area (TPSA) is 55.1 Å². The first kappa shape index (κ1) is 18.8. The summed E-state index contributed by atoms with van der Waals surface area (Å²) < 4.78 is 0. The third-order valence-electron chi connectivity index (χ3n) is 4.68. The molecular weight excluding hydrogens is 296 g/mol. The molecule has 0 spiro atoms. The Labute approximate surface area is 140 Å². The molecule has 0 radical (unpaired) electrons. The Morgan fingerprint density at radius 2 is 1.86 bits per heavy atom. The first-order valence-corrected chi connectivity index (χ1v) is 8.26. The van der Waals surface area contributed by atoms with Gasteiger partial charge < -0.3 is 11.1 Å². The molecule has 1 amide bonds. The van der Waals surface area contributed by atoms with E-state index >= 15 is 0 Å². The molecule has 0 saturated heterocycles. The Hall–Kier alpha value is -1.22. The third-order valence-corrected chi connectivity index (χ3v) is 4.68. The Morgan fingerprint density at radius 3 is 2.50 bits per heavy atom. The van der Waals surface area contributed by atoms with Crippen LogP contribution in [0.25, 0.3) is 0 Å². The smallest absolute Gasteiger partial charge is 0.220 e. The SMILES string of the molecule is CC(CC(=O)NCCc1ccc(N)cc1)C1CCCCC1.Cl. The molecule has 0 heterocycles. The summed E-state index contributed by atoms with van der Waals surface area (Å²) in [6.45, 7) is 2.94. The highest BCUT2D eigenvalue weighted by Crippen LogP contribution is 2.31. The summed E-state index contributed by atoms with van der Waals surface area (Å²) in [7, 11) is 0. The predicted octanol–water partition coefficient (Wildman–Crippen LogP) is 3.96. The number of benzene rings is 1. The van der Waals surface area contributed by atoms with Crippen LogP contribution < -0.4 is 11.1 Å². The maximum absolute atomic E-state index is 12.0. The van der Waals surface area contributed by atoms with Crippen LogP contribution in [0.2, 0.25) is 0 Å². The van der Waals surface area contributed by atoms with Gasteiger partial charge in [-0.05, 0) is 36.0 Å². The minimum Gasteiger partial charge on any atom is -0.399 e. The molecule has 1 saturated carbocycles. The molecule has 1 aromatic rings. The van der Waals surface area contributed by atoms with Crippen molar-refractivity contribution in [2.75, 3.05) is 12.3 Å². The summed E-state index contributed by atoms with van der Waals surface area (Å²) in [5.74, 6) is 1.46. The van der Waals surface area contributed by atoms with E-state index in [-0.39, 0.29) is 18.3 Å². The van der Waals surface area contributed by atoms with E-state index in [4.69, 9.17) is 5.73 Å². The van der Waals surface area contributed by atoms with E-state index in [0.29, 0.717) is 18.9 Å². The van der Waals surface area contributed by atoms with E-state index in [1.54, 1.807) is 0 Å². The van der Waals surface area contributed by atoms with Gasteiger partial charge in [0.05, 0.1) is 0 Å². The van der Waals surface area contributed by atoms with E-state index < -0.39 is 0 Å². The van der Waals surface area contributed by atoms with E-state index in [0.717, 1.165) is 18.0 Å². The fourth-order valence-electron chi connectivity index (χ4n) is 3.27. The second-order valence-corrected chi connectivity index (χ2v) is 6.42. The van der Waals surface area contributed by atoms with Crippen molar-refractivity contribution in [2.45, 2.75) is 51.9 Å². The summed E-state index contributed by atoms with van der Waals surface area (Å²) in [5.41, 5.74) is 7.65. The zero-order valence-corrected chi connectivity index (χ0v) is 14.3. The van der Waals surface area contributed by atoms with Gasteiger partial charge in [-0.2, -0.15) is 0 Å². The molecule has 0 aromatic heterocycles. The quantitative estimate of drug-likeness (QED) is 0.778. The van der Waals surface area contributed by atoms with Crippen molar-refractivity contribution in [1.82, 2.24) is 5.32 Å². The highest BCUT2D eigenvalue weighted by molar-refractivity contribution is 5.85. The van der Waals surface area contributed by atoms with Crippen molar-refractivity contribution < 1.29 is 4.79 Å². The van der Waals surface area contributed by atoms with Crippen molar-refractivity contribution in [3.63, 3.8) is 0 Å². The van der Waals surface area contributed by atoms with Gasteiger partial charge in [0.25, 0.3) is 0 Å². The molecule has 1 aliphatic rings. The number of rotatable bonds is 6. The number of halogens is 1. The van der Waals surface area contributed by atoms with Crippen molar-refractivity contribution in [3.05, 3.63) is 29.8 Å². The molecule has 0 aliphatic heterocycles. The Bertz CT molecular complexity index is 441. The Morgan fingerprint density at radius 1 is 1.23 bits per heavy atom. The minimum atomic E-state index is 0. The number of carbonyl (C=O) groups is 1. The first-order valence-electron chi connectivity index (χ1n) is 8.26. The molecule has 1 unspecified atom stereocenters. The molecule has 22 heavy (non-hydrogen) atoms. The summed E-state index contributed by atoms with van der Waals surface area (Å²) in [4.78, 5) is 12.0. The number of hydrogen-bond donors (Lipinski definition) is 2. The van der Waals surface area contributed by atoms with Crippen molar-refractivity contribution in [3.8, 4) is 0 Å². The molecule has 0 bridgehead atoms. The van der Waals surface area contributed by atoms with Crippen LogP contribution in [0.3, 0.4) is 0 Å². The summed E-state index contributed by atoms with van der Waals surface area (Å²) in [5, 5.41) is 3.05. The fourth-order valence-corrected chi connectivity index (χ4v) is 3.27. The van der Waals surface area contributed by atoms with Gasteiger partial charge in [0.15, 0.2) is 0 Å². The van der Waals surface area contributed by atoms with Gasteiger partial charge in [-0.15, -0.1) is 12.4 Å². The van der Waals surface area contributed by atoms with Crippen LogP contribution >= 0.6 is 12.4 Å². The minimum absolute atomic E-state index is 0. The third kappa shape index (κ3) is 6.27. The number of nitrogens with one attached hydrogen (secondary N) is 1. The molecule has 4 heteroatoms. The highest BCUT2D eigenvalue weighted by Gasteiger charge is 2.21. The number of hydrogen-bond acceptors (Lipinski definition) is 2. The second-order valence-electron chi connectivity index (χ2n) is 6.42. The average molecular weight is 325 g/mol. The number of nitrogen functional groups attached to an aromatic ring is 1. The second kappa shape index (κ2) is 9.73. The Kier molecular flexibility index (Phi) is 8.32. The van der Waals surface area contributed by atoms with E-state index in [2.05, 4.69) is 12.2 Å². The van der Waals surface area contributed by atoms with Gasteiger partial charge in [-0.1, -0.05) is 51.2 Å². The van der Waals surface area contributed by atoms with E-state index in [1.165, 1.54) is 37.7 Å². The number of anilines is 1. The van der Waals surface area contributed by atoms with Gasteiger partial charge in [0.2, 0.25) is 5.91 Å². The van der Waals surface area contributed by atoms with Crippen LogP contribution in [-0.2, 0) is 11.2 Å². The predicted molar refractivity (Wildman–Crippen MR) is 95.2 cm³/mol. The summed E-state index contributed by atoms with van der Waals surface area (Å²) in [6.07, 6.45) is 8.20. The van der Waals surface area contributed by atoms with Crippen LogP contribution in [0.15, 0.2) is 24.3 Å². The number of nitrogens with two attached hydrogens (primary N) is 1. The van der Waals surface area contributed by atoms with Crippen LogP contribution in [0.4, 0.5) is 5.69 Å². The summed E-state index contributed by atoms with van der Waals surface area (Å²) in [6, 6.07) is 7.85. The fraction of sp³-hybridized carbons (Fsp3) is 0.611. The van der Waals surface area contributed by atoms with Gasteiger partial charge in [0, 0.05) is 18.7 Å². The lowest BCUT2D eigenvalue weighted by Crippen LogP contribution is -2.29. The zero-order chi connectivity index (χ0) is 15.1. The maximum Gasteiger partial charge on any atom is 0.220 e. The molecule has 3 nitrogen and oxygen atoms in total. The molecule has 1 fully saturated rings. The highest BCUT2D eigenvalue weighted by atomic mass is 35.5. The lowest BCUT2D eigenvalue weighted by Gasteiger charge is -2.27. The maximum atomic E-state index is 12.0. The number of carbonyl (C=O) groups excluding carboxylic acids is 1. The van der Waals surface area contributed by atoms with Gasteiger partial charge in [-0.3, -0.25) is 4.79 Å². The van der Waals surface area contributed by atoms with Crippen molar-refractivity contribution in [2.24, 2.45) is 11.8 Å². The van der Waals surface area contributed by atoms with Crippen molar-refractivity contribution in [1.29, 1.82) is 0 Å². The van der Waals surface area contributed by atoms with Gasteiger partial charge >= 0.3 is 0 Å². The van der Waals surface area contributed by atoms with Crippen LogP contribution in [0, 0.1) is 11.8 Å². The lowest BCUT2D eigenvalue weighted by atomic mass is 9.79. The van der Waals surface area contributed by atoms with E-state index in [9.17, 15) is 4.79 Å². The monoisotopic (exact) mass is 324 g/mol. The molecule has 1 aliphatic carbocycles. The molecule has 124 valence electrons. The average Bonchev–Trinajstić information content (AvgIpc) is 2.50. The largest absolute Gasteiger partial charge is 0.399 e. The van der Waals surface area contributed by atoms with Gasteiger partial charge in [-0.25, -0.2) is 0 Å². The van der Waals surface area contributed by atoms with Crippen LogP contribution in [-0.4, -0.2) is 12.5 Å². The summed E-state index contributed by atoms with van der Waals surface area (Å²) >= 11 is 0. The lowest BCUT2D eigenvalue weighted by molar-refractivity contribution is -0.122. The zero-order valence-electron chi connectivity index (χ0n) is 13.5. The Balaban J connectivity index is 0.00000242.